The van der Waals surface area contributed by atoms with Crippen LogP contribution in [0.2, 0.25) is 0 Å². The van der Waals surface area contributed by atoms with Crippen molar-refractivity contribution >= 4 is 11.6 Å². The number of nitrogens with two attached hydrogens (primary N) is 1. The van der Waals surface area contributed by atoms with Gasteiger partial charge in [0, 0.05) is 11.6 Å². The molecule has 0 spiro atoms. The van der Waals surface area contributed by atoms with E-state index in [1.165, 1.54) is 23.3 Å². The molecular formula is C16H16N2O2. The van der Waals surface area contributed by atoms with Gasteiger partial charge in [0.25, 0.3) is 5.91 Å². The molecule has 2 aromatic rings. The number of phenolic OH excluding ortho intramolecular Hbond substituents is 1. The molecule has 0 heterocycles. The van der Waals surface area contributed by atoms with Gasteiger partial charge in [0.15, 0.2) is 0 Å². The summed E-state index contributed by atoms with van der Waals surface area (Å²) in [4.78, 5) is 12.2. The fourth-order valence-electron chi connectivity index (χ4n) is 2.61. The lowest BCUT2D eigenvalue weighted by molar-refractivity contribution is 0.0938. The van der Waals surface area contributed by atoms with Crippen LogP contribution in [0.1, 0.15) is 21.5 Å². The summed E-state index contributed by atoms with van der Waals surface area (Å²) >= 11 is 0. The van der Waals surface area contributed by atoms with Crippen molar-refractivity contribution in [3.8, 4) is 5.75 Å². The van der Waals surface area contributed by atoms with Gasteiger partial charge < -0.3 is 16.2 Å². The fourth-order valence-corrected chi connectivity index (χ4v) is 2.61. The summed E-state index contributed by atoms with van der Waals surface area (Å²) in [5.41, 5.74) is 8.80. The normalized spacial score (nSPS) is 14.0. The number of aromatic hydroxyl groups is 1. The Bertz CT molecular complexity index is 642. The molecule has 3 rings (SSSR count). The summed E-state index contributed by atoms with van der Waals surface area (Å²) in [5, 5.41) is 12.5. The number of phenols is 1. The number of fused-ring (bicyclic) bond motifs is 1. The molecule has 0 unspecified atom stereocenters. The van der Waals surface area contributed by atoms with Crippen molar-refractivity contribution in [2.24, 2.45) is 0 Å². The predicted molar refractivity (Wildman–Crippen MR) is 77.6 cm³/mol. The highest BCUT2D eigenvalue weighted by Crippen LogP contribution is 2.23. The minimum atomic E-state index is -0.182. The van der Waals surface area contributed by atoms with Gasteiger partial charge in [-0.3, -0.25) is 4.79 Å². The van der Waals surface area contributed by atoms with Gasteiger partial charge in [-0.2, -0.15) is 0 Å². The minimum Gasteiger partial charge on any atom is -0.506 e. The van der Waals surface area contributed by atoms with Crippen molar-refractivity contribution in [3.63, 3.8) is 0 Å². The number of carbonyl (C=O) groups excluding carboxylic acids is 1. The van der Waals surface area contributed by atoms with Crippen molar-refractivity contribution in [2.45, 2.75) is 18.9 Å². The molecule has 20 heavy (non-hydrogen) atoms. The van der Waals surface area contributed by atoms with Gasteiger partial charge in [0.1, 0.15) is 5.75 Å². The maximum absolute atomic E-state index is 12.2. The molecule has 0 aromatic heterocycles. The van der Waals surface area contributed by atoms with E-state index in [1.54, 1.807) is 6.07 Å². The maximum atomic E-state index is 12.2. The molecular weight excluding hydrogens is 252 g/mol. The maximum Gasteiger partial charge on any atom is 0.251 e. The van der Waals surface area contributed by atoms with Crippen LogP contribution < -0.4 is 11.1 Å². The molecule has 0 radical (unpaired) electrons. The summed E-state index contributed by atoms with van der Waals surface area (Å²) in [5.74, 6) is -0.245. The molecule has 102 valence electrons. The first-order chi connectivity index (χ1) is 9.63. The third-order valence-corrected chi connectivity index (χ3v) is 3.68. The number of carbonyl (C=O) groups is 1. The highest BCUT2D eigenvalue weighted by molar-refractivity contribution is 5.95. The van der Waals surface area contributed by atoms with Crippen molar-refractivity contribution in [1.82, 2.24) is 5.32 Å². The lowest BCUT2D eigenvalue weighted by Gasteiger charge is -2.12. The Morgan fingerprint density at radius 2 is 1.80 bits per heavy atom. The van der Waals surface area contributed by atoms with Crippen LogP contribution in [0.4, 0.5) is 5.69 Å². The summed E-state index contributed by atoms with van der Waals surface area (Å²) < 4.78 is 0. The first-order valence-electron chi connectivity index (χ1n) is 6.59. The number of nitrogen functional groups attached to an aromatic ring is 1. The average Bonchev–Trinajstić information content (AvgIpc) is 2.83. The van der Waals surface area contributed by atoms with E-state index in [-0.39, 0.29) is 23.4 Å². The molecule has 4 N–H and O–H groups in total. The van der Waals surface area contributed by atoms with Crippen molar-refractivity contribution in [2.75, 3.05) is 5.73 Å². The monoisotopic (exact) mass is 268 g/mol. The SMILES string of the molecule is Nc1ccc(C(=O)NC2Cc3ccccc3C2)cc1O. The molecule has 1 aliphatic carbocycles. The summed E-state index contributed by atoms with van der Waals surface area (Å²) in [6.45, 7) is 0. The summed E-state index contributed by atoms with van der Waals surface area (Å²) in [6.07, 6.45) is 1.70. The summed E-state index contributed by atoms with van der Waals surface area (Å²) in [7, 11) is 0. The zero-order chi connectivity index (χ0) is 14.1. The Kier molecular flexibility index (Phi) is 3.06. The van der Waals surface area contributed by atoms with Gasteiger partial charge in [-0.25, -0.2) is 0 Å². The molecule has 0 atom stereocenters. The largest absolute Gasteiger partial charge is 0.506 e. The molecule has 4 heteroatoms. The number of rotatable bonds is 2. The zero-order valence-electron chi connectivity index (χ0n) is 11.0. The Labute approximate surface area is 117 Å². The Morgan fingerprint density at radius 3 is 2.40 bits per heavy atom. The first kappa shape index (κ1) is 12.5. The average molecular weight is 268 g/mol. The van der Waals surface area contributed by atoms with E-state index < -0.39 is 0 Å². The van der Waals surface area contributed by atoms with Crippen LogP contribution in [0.25, 0.3) is 0 Å². The van der Waals surface area contributed by atoms with Gasteiger partial charge in [0.05, 0.1) is 5.69 Å². The van der Waals surface area contributed by atoms with Crippen molar-refractivity contribution in [3.05, 3.63) is 59.2 Å². The van der Waals surface area contributed by atoms with Crippen LogP contribution in [0.15, 0.2) is 42.5 Å². The van der Waals surface area contributed by atoms with E-state index in [9.17, 15) is 9.90 Å². The zero-order valence-corrected chi connectivity index (χ0v) is 11.0. The van der Waals surface area contributed by atoms with Gasteiger partial charge >= 0.3 is 0 Å². The van der Waals surface area contributed by atoms with E-state index in [1.807, 2.05) is 12.1 Å². The number of anilines is 1. The van der Waals surface area contributed by atoms with E-state index >= 15 is 0 Å². The number of hydrogen-bond acceptors (Lipinski definition) is 3. The second-order valence-corrected chi connectivity index (χ2v) is 5.12. The third-order valence-electron chi connectivity index (χ3n) is 3.68. The van der Waals surface area contributed by atoms with E-state index in [0.717, 1.165) is 12.8 Å². The Balaban J connectivity index is 1.70. The highest BCUT2D eigenvalue weighted by Gasteiger charge is 2.22. The van der Waals surface area contributed by atoms with Crippen molar-refractivity contribution in [1.29, 1.82) is 0 Å². The number of amides is 1. The van der Waals surface area contributed by atoms with Gasteiger partial charge in [0.2, 0.25) is 0 Å². The highest BCUT2D eigenvalue weighted by atomic mass is 16.3. The van der Waals surface area contributed by atoms with E-state index in [2.05, 4.69) is 17.4 Å². The standard InChI is InChI=1S/C16H16N2O2/c17-14-6-5-12(9-15(14)19)16(20)18-13-7-10-3-1-2-4-11(10)8-13/h1-6,9,13,19H,7-8,17H2,(H,18,20). The van der Waals surface area contributed by atoms with Gasteiger partial charge in [-0.15, -0.1) is 0 Å². The van der Waals surface area contributed by atoms with Crippen LogP contribution >= 0.6 is 0 Å². The molecule has 0 saturated carbocycles. The van der Waals surface area contributed by atoms with Crippen LogP contribution in [0, 0.1) is 0 Å². The Hall–Kier alpha value is -2.49. The quantitative estimate of drug-likeness (QED) is 0.575. The van der Waals surface area contributed by atoms with Gasteiger partial charge in [-0.1, -0.05) is 24.3 Å². The second kappa shape index (κ2) is 4.89. The number of benzene rings is 2. The number of hydrogen-bond donors (Lipinski definition) is 3. The lowest BCUT2D eigenvalue weighted by atomic mass is 10.1. The van der Waals surface area contributed by atoms with E-state index in [4.69, 9.17) is 5.73 Å². The number of nitrogens with one attached hydrogen (secondary N) is 1. The van der Waals surface area contributed by atoms with Gasteiger partial charge in [-0.05, 0) is 42.2 Å². The minimum absolute atomic E-state index is 0.0626. The predicted octanol–water partition coefficient (Wildman–Crippen LogP) is 1.87. The first-order valence-corrected chi connectivity index (χ1v) is 6.59. The van der Waals surface area contributed by atoms with E-state index in [0.29, 0.717) is 5.56 Å². The summed E-state index contributed by atoms with van der Waals surface area (Å²) in [6, 6.07) is 12.9. The van der Waals surface area contributed by atoms with Crippen LogP contribution in [0.5, 0.6) is 5.75 Å². The second-order valence-electron chi connectivity index (χ2n) is 5.12. The van der Waals surface area contributed by atoms with Crippen molar-refractivity contribution < 1.29 is 9.90 Å². The van der Waals surface area contributed by atoms with Crippen LogP contribution in [-0.2, 0) is 12.8 Å². The molecule has 1 amide bonds. The third kappa shape index (κ3) is 2.32. The molecule has 0 aliphatic heterocycles. The smallest absolute Gasteiger partial charge is 0.251 e. The lowest BCUT2D eigenvalue weighted by Crippen LogP contribution is -2.35. The molecule has 2 aromatic carbocycles. The van der Waals surface area contributed by atoms with Crippen LogP contribution in [-0.4, -0.2) is 17.1 Å². The molecule has 1 aliphatic rings. The van der Waals surface area contributed by atoms with Crippen LogP contribution in [0.3, 0.4) is 0 Å². The molecule has 0 saturated heterocycles. The fraction of sp³-hybridized carbons (Fsp3) is 0.188. The topological polar surface area (TPSA) is 75.4 Å². The molecule has 4 nitrogen and oxygen atoms in total. The Morgan fingerprint density at radius 1 is 1.15 bits per heavy atom. The molecule has 0 bridgehead atoms. The molecule has 0 fully saturated rings.